The van der Waals surface area contributed by atoms with Crippen LogP contribution in [0.15, 0.2) is 77.2 Å². The molecule has 0 fully saturated rings. The fourth-order valence-corrected chi connectivity index (χ4v) is 1.74. The fraction of sp³-hybridized carbons (Fsp3) is 0.0667. The lowest BCUT2D eigenvalue weighted by atomic mass is 10.3. The van der Waals surface area contributed by atoms with Crippen LogP contribution in [0.1, 0.15) is 0 Å². The largest absolute Gasteiger partial charge is 0.400 e. The zero-order valence-corrected chi connectivity index (χ0v) is 10.6. The zero-order chi connectivity index (χ0) is 13.5. The summed E-state index contributed by atoms with van der Waals surface area (Å²) >= 11 is 0. The van der Waals surface area contributed by atoms with Gasteiger partial charge in [-0.3, -0.25) is 0 Å². The number of aliphatic hydroxyl groups excluding tert-OH is 1. The van der Waals surface area contributed by atoms with Crippen LogP contribution in [0.25, 0.3) is 10.9 Å². The smallest absolute Gasteiger partial charge is 0.0874 e. The first-order valence-corrected chi connectivity index (χ1v) is 5.91. The van der Waals surface area contributed by atoms with E-state index in [1.807, 2.05) is 60.8 Å². The highest BCUT2D eigenvalue weighted by atomic mass is 16.2. The predicted molar refractivity (Wildman–Crippen MR) is 76.4 cm³/mol. The second-order valence-electron chi connectivity index (χ2n) is 3.74. The number of benzene rings is 2. The quantitative estimate of drug-likeness (QED) is 0.694. The van der Waals surface area contributed by atoms with Gasteiger partial charge in [0.15, 0.2) is 0 Å². The summed E-state index contributed by atoms with van der Waals surface area (Å²) in [5, 5.41) is 16.6. The van der Waals surface area contributed by atoms with Crippen LogP contribution in [0.5, 0.6) is 0 Å². The Balaban J connectivity index is 0.000000637. The van der Waals surface area contributed by atoms with Crippen molar-refractivity contribution in [1.29, 1.82) is 0 Å². The summed E-state index contributed by atoms with van der Waals surface area (Å²) in [5.74, 6) is 0. The molecule has 3 aromatic rings. The van der Waals surface area contributed by atoms with E-state index in [-0.39, 0.29) is 0 Å². The molecular formula is C15H15N3O. The second-order valence-corrected chi connectivity index (χ2v) is 3.74. The Hall–Kier alpha value is -2.46. The van der Waals surface area contributed by atoms with Crippen LogP contribution in [-0.4, -0.2) is 16.9 Å². The van der Waals surface area contributed by atoms with Gasteiger partial charge >= 0.3 is 0 Å². The van der Waals surface area contributed by atoms with E-state index in [4.69, 9.17) is 5.11 Å². The van der Waals surface area contributed by atoms with Gasteiger partial charge in [-0.05, 0) is 24.3 Å². The molecule has 0 spiro atoms. The monoisotopic (exact) mass is 253 g/mol. The van der Waals surface area contributed by atoms with E-state index in [2.05, 4.69) is 16.4 Å². The number of hydrogen-bond donors (Lipinski definition) is 1. The lowest BCUT2D eigenvalue weighted by molar-refractivity contribution is 0.399. The third kappa shape index (κ3) is 3.05. The molecule has 0 unspecified atom stereocenters. The van der Waals surface area contributed by atoms with E-state index < -0.39 is 0 Å². The molecule has 0 aliphatic rings. The number of nitrogens with zero attached hydrogens (tertiary/aromatic N) is 3. The zero-order valence-electron chi connectivity index (χ0n) is 10.6. The standard InChI is InChI=1S/C14H11N3.CH4O/c1-2-7-13(8-3-1)15-16-17-11-10-12-6-4-5-9-14(12)17;1-2/h1-11H;2H,1H3. The molecule has 4 nitrogen and oxygen atoms in total. The Morgan fingerprint density at radius 3 is 2.32 bits per heavy atom. The molecule has 1 heterocycles. The van der Waals surface area contributed by atoms with Gasteiger partial charge in [0.2, 0.25) is 0 Å². The fourth-order valence-electron chi connectivity index (χ4n) is 1.74. The number of para-hydroxylation sites is 1. The van der Waals surface area contributed by atoms with Crippen LogP contribution in [0.2, 0.25) is 0 Å². The molecule has 2 aromatic carbocycles. The Labute approximate surface area is 111 Å². The number of rotatable bonds is 2. The number of hydrogen-bond acceptors (Lipinski definition) is 3. The molecule has 0 aliphatic heterocycles. The summed E-state index contributed by atoms with van der Waals surface area (Å²) in [6.45, 7) is 0. The maximum absolute atomic E-state index is 7.00. The number of fused-ring (bicyclic) bond motifs is 1. The summed E-state index contributed by atoms with van der Waals surface area (Å²) in [6, 6.07) is 19.8. The van der Waals surface area contributed by atoms with Crippen LogP contribution in [-0.2, 0) is 0 Å². The Bertz CT molecular complexity index is 659. The van der Waals surface area contributed by atoms with Gasteiger partial charge in [-0.2, -0.15) is 0 Å². The van der Waals surface area contributed by atoms with Gasteiger partial charge in [-0.1, -0.05) is 41.6 Å². The summed E-state index contributed by atoms with van der Waals surface area (Å²) in [4.78, 5) is 0. The first kappa shape index (κ1) is 13.0. The maximum Gasteiger partial charge on any atom is 0.0874 e. The highest BCUT2D eigenvalue weighted by Gasteiger charge is 1.97. The van der Waals surface area contributed by atoms with Gasteiger partial charge in [0.05, 0.1) is 11.2 Å². The van der Waals surface area contributed by atoms with Crippen molar-refractivity contribution in [2.45, 2.75) is 0 Å². The average molecular weight is 253 g/mol. The van der Waals surface area contributed by atoms with Crippen molar-refractivity contribution in [3.05, 3.63) is 66.9 Å². The van der Waals surface area contributed by atoms with Gasteiger partial charge in [0.25, 0.3) is 0 Å². The van der Waals surface area contributed by atoms with E-state index >= 15 is 0 Å². The molecule has 0 saturated carbocycles. The minimum absolute atomic E-state index is 0.852. The topological polar surface area (TPSA) is 49.9 Å². The van der Waals surface area contributed by atoms with Crippen molar-refractivity contribution in [2.24, 2.45) is 10.3 Å². The molecule has 1 N–H and O–H groups in total. The SMILES string of the molecule is CO.c1ccc(N=Nn2ccc3ccccc32)cc1. The van der Waals surface area contributed by atoms with Gasteiger partial charge in [0.1, 0.15) is 0 Å². The summed E-state index contributed by atoms with van der Waals surface area (Å²) in [5.41, 5.74) is 1.91. The van der Waals surface area contributed by atoms with Gasteiger partial charge < -0.3 is 5.11 Å². The van der Waals surface area contributed by atoms with Gasteiger partial charge in [-0.15, -0.1) is 5.11 Å². The maximum atomic E-state index is 7.00. The van der Waals surface area contributed by atoms with E-state index in [0.29, 0.717) is 0 Å². The molecular weight excluding hydrogens is 238 g/mol. The van der Waals surface area contributed by atoms with Crippen molar-refractivity contribution >= 4 is 16.6 Å². The summed E-state index contributed by atoms with van der Waals surface area (Å²) in [7, 11) is 1.00. The first-order chi connectivity index (χ1) is 9.43. The second kappa shape index (κ2) is 6.47. The molecule has 0 bridgehead atoms. The molecule has 1 aromatic heterocycles. The van der Waals surface area contributed by atoms with Crippen molar-refractivity contribution in [3.8, 4) is 0 Å². The number of aromatic nitrogens is 1. The van der Waals surface area contributed by atoms with Gasteiger partial charge in [-0.25, -0.2) is 4.68 Å². The predicted octanol–water partition coefficient (Wildman–Crippen LogP) is 3.80. The van der Waals surface area contributed by atoms with Crippen molar-refractivity contribution < 1.29 is 5.11 Å². The summed E-state index contributed by atoms with van der Waals surface area (Å²) in [6.07, 6.45) is 1.91. The Kier molecular flexibility index (Phi) is 4.42. The number of aliphatic hydroxyl groups is 1. The Morgan fingerprint density at radius 2 is 1.53 bits per heavy atom. The third-order valence-corrected chi connectivity index (χ3v) is 2.59. The molecule has 0 atom stereocenters. The Morgan fingerprint density at radius 1 is 0.842 bits per heavy atom. The minimum atomic E-state index is 0.852. The summed E-state index contributed by atoms with van der Waals surface area (Å²) < 4.78 is 1.78. The molecule has 19 heavy (non-hydrogen) atoms. The van der Waals surface area contributed by atoms with E-state index in [1.54, 1.807) is 4.68 Å². The molecule has 0 saturated heterocycles. The van der Waals surface area contributed by atoms with Crippen molar-refractivity contribution in [1.82, 2.24) is 4.68 Å². The van der Waals surface area contributed by atoms with Crippen molar-refractivity contribution in [3.63, 3.8) is 0 Å². The molecule has 0 radical (unpaired) electrons. The molecule has 3 rings (SSSR count). The van der Waals surface area contributed by atoms with Crippen LogP contribution in [0.4, 0.5) is 5.69 Å². The lowest BCUT2D eigenvalue weighted by Gasteiger charge is -1.95. The normalized spacial score (nSPS) is 10.4. The highest BCUT2D eigenvalue weighted by Crippen LogP contribution is 2.16. The average Bonchev–Trinajstić information content (AvgIpc) is 2.92. The minimum Gasteiger partial charge on any atom is -0.400 e. The van der Waals surface area contributed by atoms with Crippen LogP contribution >= 0.6 is 0 Å². The van der Waals surface area contributed by atoms with Crippen LogP contribution < -0.4 is 0 Å². The molecule has 96 valence electrons. The lowest BCUT2D eigenvalue weighted by Crippen LogP contribution is -1.82. The van der Waals surface area contributed by atoms with Crippen LogP contribution in [0, 0.1) is 0 Å². The highest BCUT2D eigenvalue weighted by molar-refractivity contribution is 5.79. The van der Waals surface area contributed by atoms with Crippen LogP contribution in [0.3, 0.4) is 0 Å². The van der Waals surface area contributed by atoms with E-state index in [1.165, 1.54) is 5.39 Å². The first-order valence-electron chi connectivity index (χ1n) is 5.91. The molecule has 4 heteroatoms. The van der Waals surface area contributed by atoms with Crippen molar-refractivity contribution in [2.75, 3.05) is 7.11 Å². The third-order valence-electron chi connectivity index (χ3n) is 2.59. The molecule has 0 aliphatic carbocycles. The van der Waals surface area contributed by atoms with E-state index in [9.17, 15) is 0 Å². The van der Waals surface area contributed by atoms with E-state index in [0.717, 1.165) is 18.3 Å². The van der Waals surface area contributed by atoms with Gasteiger partial charge in [0, 0.05) is 18.7 Å². The molecule has 0 amide bonds.